The van der Waals surface area contributed by atoms with Crippen molar-refractivity contribution in [2.45, 2.75) is 25.7 Å². The largest absolute Gasteiger partial charge is 0.461 e. The molecule has 5 nitrogen and oxygen atoms in total. The summed E-state index contributed by atoms with van der Waals surface area (Å²) < 4.78 is 11.3. The summed E-state index contributed by atoms with van der Waals surface area (Å²) in [4.78, 5) is 14.2. The molecule has 1 amide bonds. The Morgan fingerprint density at radius 2 is 1.58 bits per heavy atom. The molecule has 0 radical (unpaired) electrons. The summed E-state index contributed by atoms with van der Waals surface area (Å²) in [5.41, 5.74) is 2.92. The SMILES string of the molecule is CN(CCCc1cc(-c2ccccc2)no1)C(=O)CCc1ccc(-c2ccccc2)o1. The Hall–Kier alpha value is -3.60. The molecule has 0 aliphatic rings. The Labute approximate surface area is 182 Å². The normalized spacial score (nSPS) is 10.9. The maximum absolute atomic E-state index is 12.5. The third-order valence-corrected chi connectivity index (χ3v) is 5.28. The number of hydrogen-bond acceptors (Lipinski definition) is 4. The fraction of sp³-hybridized carbons (Fsp3) is 0.231. The van der Waals surface area contributed by atoms with Crippen LogP contribution >= 0.6 is 0 Å². The van der Waals surface area contributed by atoms with Crippen LogP contribution in [0.1, 0.15) is 24.4 Å². The molecule has 0 aliphatic heterocycles. The molecule has 4 aromatic rings. The Morgan fingerprint density at radius 1 is 0.871 bits per heavy atom. The number of hydrogen-bond donors (Lipinski definition) is 0. The number of aryl methyl sites for hydroxylation is 2. The third-order valence-electron chi connectivity index (χ3n) is 5.28. The minimum atomic E-state index is 0.111. The molecule has 0 saturated heterocycles. The van der Waals surface area contributed by atoms with E-state index < -0.39 is 0 Å². The van der Waals surface area contributed by atoms with Crippen molar-refractivity contribution in [1.29, 1.82) is 0 Å². The highest BCUT2D eigenvalue weighted by molar-refractivity contribution is 5.76. The van der Waals surface area contributed by atoms with Gasteiger partial charge in [0.05, 0.1) is 0 Å². The summed E-state index contributed by atoms with van der Waals surface area (Å²) in [7, 11) is 1.84. The Balaban J connectivity index is 1.21. The van der Waals surface area contributed by atoms with Crippen LogP contribution in [0.25, 0.3) is 22.6 Å². The molecule has 0 spiro atoms. The van der Waals surface area contributed by atoms with E-state index in [1.54, 1.807) is 4.90 Å². The molecule has 0 N–H and O–H groups in total. The minimum Gasteiger partial charge on any atom is -0.461 e. The van der Waals surface area contributed by atoms with Crippen molar-refractivity contribution in [3.8, 4) is 22.6 Å². The summed E-state index contributed by atoms with van der Waals surface area (Å²) >= 11 is 0. The molecule has 4 rings (SSSR count). The monoisotopic (exact) mass is 414 g/mol. The molecule has 0 unspecified atom stereocenters. The first-order chi connectivity index (χ1) is 15.2. The maximum Gasteiger partial charge on any atom is 0.222 e. The van der Waals surface area contributed by atoms with Crippen LogP contribution in [-0.4, -0.2) is 29.6 Å². The number of nitrogens with zero attached hydrogens (tertiary/aromatic N) is 2. The first-order valence-corrected chi connectivity index (χ1v) is 10.6. The lowest BCUT2D eigenvalue weighted by Crippen LogP contribution is -2.28. The van der Waals surface area contributed by atoms with Crippen molar-refractivity contribution in [2.75, 3.05) is 13.6 Å². The van der Waals surface area contributed by atoms with Gasteiger partial charge in [0.25, 0.3) is 0 Å². The smallest absolute Gasteiger partial charge is 0.222 e. The van der Waals surface area contributed by atoms with E-state index in [0.717, 1.165) is 46.9 Å². The zero-order valence-corrected chi connectivity index (χ0v) is 17.7. The van der Waals surface area contributed by atoms with Crippen LogP contribution in [0.3, 0.4) is 0 Å². The van der Waals surface area contributed by atoms with Crippen molar-refractivity contribution in [3.63, 3.8) is 0 Å². The summed E-state index contributed by atoms with van der Waals surface area (Å²) in [6.07, 6.45) is 2.60. The van der Waals surface area contributed by atoms with Crippen LogP contribution in [-0.2, 0) is 17.6 Å². The molecule has 2 heterocycles. The minimum absolute atomic E-state index is 0.111. The molecule has 5 heteroatoms. The average Bonchev–Trinajstić information content (AvgIpc) is 3.48. The predicted molar refractivity (Wildman–Crippen MR) is 120 cm³/mol. The molecular weight excluding hydrogens is 388 g/mol. The Kier molecular flexibility index (Phi) is 6.62. The summed E-state index contributed by atoms with van der Waals surface area (Å²) in [6.45, 7) is 0.674. The van der Waals surface area contributed by atoms with E-state index >= 15 is 0 Å². The second-order valence-corrected chi connectivity index (χ2v) is 7.60. The van der Waals surface area contributed by atoms with Crippen LogP contribution in [0.4, 0.5) is 0 Å². The molecule has 0 bridgehead atoms. The van der Waals surface area contributed by atoms with Crippen LogP contribution in [0.15, 0.2) is 87.8 Å². The molecular formula is C26H26N2O3. The number of carbonyl (C=O) groups is 1. The average molecular weight is 415 g/mol. The van der Waals surface area contributed by atoms with E-state index in [0.29, 0.717) is 19.4 Å². The van der Waals surface area contributed by atoms with Gasteiger partial charge in [0.2, 0.25) is 5.91 Å². The Morgan fingerprint density at radius 3 is 2.32 bits per heavy atom. The number of aromatic nitrogens is 1. The molecule has 2 aromatic heterocycles. The molecule has 0 atom stereocenters. The van der Waals surface area contributed by atoms with Crippen molar-refractivity contribution < 1.29 is 13.7 Å². The Bertz CT molecular complexity index is 1100. The third kappa shape index (κ3) is 5.51. The zero-order chi connectivity index (χ0) is 21.5. The van der Waals surface area contributed by atoms with E-state index in [1.165, 1.54) is 0 Å². The number of amides is 1. The lowest BCUT2D eigenvalue weighted by atomic mass is 10.1. The number of rotatable bonds is 9. The van der Waals surface area contributed by atoms with Crippen molar-refractivity contribution in [3.05, 3.63) is 90.4 Å². The second-order valence-electron chi connectivity index (χ2n) is 7.60. The molecule has 0 fully saturated rings. The number of carbonyl (C=O) groups excluding carboxylic acids is 1. The summed E-state index contributed by atoms with van der Waals surface area (Å²) in [6, 6.07) is 25.8. The number of benzene rings is 2. The van der Waals surface area contributed by atoms with Gasteiger partial charge >= 0.3 is 0 Å². The van der Waals surface area contributed by atoms with Gasteiger partial charge in [-0.3, -0.25) is 4.79 Å². The quantitative estimate of drug-likeness (QED) is 0.356. The van der Waals surface area contributed by atoms with Crippen LogP contribution in [0.5, 0.6) is 0 Å². The van der Waals surface area contributed by atoms with Gasteiger partial charge in [-0.25, -0.2) is 0 Å². The van der Waals surface area contributed by atoms with Crippen LogP contribution < -0.4 is 0 Å². The van der Waals surface area contributed by atoms with Gasteiger partial charge in [-0.15, -0.1) is 0 Å². The van der Waals surface area contributed by atoms with E-state index in [4.69, 9.17) is 8.94 Å². The molecule has 0 aliphatic carbocycles. The van der Waals surface area contributed by atoms with Gasteiger partial charge in [-0.05, 0) is 18.6 Å². The van der Waals surface area contributed by atoms with Crippen molar-refractivity contribution in [2.24, 2.45) is 0 Å². The van der Waals surface area contributed by atoms with E-state index in [1.807, 2.05) is 85.9 Å². The van der Waals surface area contributed by atoms with E-state index in [-0.39, 0.29) is 5.91 Å². The van der Waals surface area contributed by atoms with Gasteiger partial charge in [-0.1, -0.05) is 65.8 Å². The van der Waals surface area contributed by atoms with Crippen molar-refractivity contribution in [1.82, 2.24) is 10.1 Å². The van der Waals surface area contributed by atoms with Gasteiger partial charge < -0.3 is 13.8 Å². The second kappa shape index (κ2) is 9.94. The fourth-order valence-corrected chi connectivity index (χ4v) is 3.48. The summed E-state index contributed by atoms with van der Waals surface area (Å²) in [5, 5.41) is 4.14. The van der Waals surface area contributed by atoms with Crippen LogP contribution in [0, 0.1) is 0 Å². The predicted octanol–water partition coefficient (Wildman–Crippen LogP) is 5.63. The zero-order valence-electron chi connectivity index (χ0n) is 17.7. The lowest BCUT2D eigenvalue weighted by Gasteiger charge is -2.16. The van der Waals surface area contributed by atoms with Gasteiger partial charge in [-0.2, -0.15) is 0 Å². The van der Waals surface area contributed by atoms with E-state index in [9.17, 15) is 4.79 Å². The molecule has 31 heavy (non-hydrogen) atoms. The fourth-order valence-electron chi connectivity index (χ4n) is 3.48. The maximum atomic E-state index is 12.5. The van der Waals surface area contributed by atoms with Crippen LogP contribution in [0.2, 0.25) is 0 Å². The molecule has 2 aromatic carbocycles. The molecule has 158 valence electrons. The topological polar surface area (TPSA) is 59.5 Å². The highest BCUT2D eigenvalue weighted by Gasteiger charge is 2.12. The standard InChI is InChI=1S/C26H26N2O3/c1-28(18-8-13-23-19-24(27-31-23)20-9-4-2-5-10-20)26(29)17-15-22-14-16-25(30-22)21-11-6-3-7-12-21/h2-7,9-12,14,16,19H,8,13,15,17-18H2,1H3. The summed E-state index contributed by atoms with van der Waals surface area (Å²) in [5.74, 6) is 2.61. The highest BCUT2D eigenvalue weighted by Crippen LogP contribution is 2.23. The lowest BCUT2D eigenvalue weighted by molar-refractivity contribution is -0.130. The van der Waals surface area contributed by atoms with Gasteiger partial charge in [0.15, 0.2) is 0 Å². The first-order valence-electron chi connectivity index (χ1n) is 10.6. The van der Waals surface area contributed by atoms with E-state index in [2.05, 4.69) is 5.16 Å². The van der Waals surface area contributed by atoms with Gasteiger partial charge in [0, 0.05) is 50.0 Å². The van der Waals surface area contributed by atoms with Gasteiger partial charge in [0.1, 0.15) is 23.0 Å². The number of furan rings is 1. The van der Waals surface area contributed by atoms with Crippen molar-refractivity contribution >= 4 is 5.91 Å². The molecule has 0 saturated carbocycles. The first kappa shape index (κ1) is 20.7. The highest BCUT2D eigenvalue weighted by atomic mass is 16.5.